The molecule has 0 fully saturated rings. The second-order valence-electron chi connectivity index (χ2n) is 4.66. The third kappa shape index (κ3) is 5.24. The maximum absolute atomic E-state index is 10.7. The minimum Gasteiger partial charge on any atom is -0.279 e. The molecule has 4 nitrogen and oxygen atoms in total. The van der Waals surface area contributed by atoms with E-state index in [1.165, 1.54) is 16.7 Å². The highest BCUT2D eigenvalue weighted by atomic mass is 32.2. The zero-order valence-electron chi connectivity index (χ0n) is 13.3. The van der Waals surface area contributed by atoms with Crippen LogP contribution in [0.4, 0.5) is 13.2 Å². The molecule has 0 bridgehead atoms. The molecule has 0 aliphatic rings. The van der Waals surface area contributed by atoms with E-state index in [2.05, 4.69) is 34.6 Å². The lowest BCUT2D eigenvalue weighted by Gasteiger charge is -2.05. The molecule has 0 atom stereocenters. The van der Waals surface area contributed by atoms with Gasteiger partial charge in [0.2, 0.25) is 0 Å². The van der Waals surface area contributed by atoms with Gasteiger partial charge in [0.05, 0.1) is 24.0 Å². The molecule has 0 unspecified atom stereocenters. The molecule has 0 aromatic carbocycles. The fraction of sp³-hybridized carbons (Fsp3) is 0.643. The minimum atomic E-state index is -5.84. The van der Waals surface area contributed by atoms with Gasteiger partial charge >= 0.3 is 27.1 Å². The molecule has 22 heavy (non-hydrogen) atoms. The lowest BCUT2D eigenvalue weighted by atomic mass is 9.98. The maximum atomic E-state index is 10.7. The van der Waals surface area contributed by atoms with Gasteiger partial charge in [0, 0.05) is 0 Å². The molecule has 0 spiro atoms. The average molecular weight is 343 g/mol. The van der Waals surface area contributed by atoms with Crippen molar-refractivity contribution in [1.82, 2.24) is 0 Å². The SMILES string of the molecule is CCc1[o+]c(CC)c(C)c(CC)c1C.O=S(=O)(O)C(F)(F)F. The van der Waals surface area contributed by atoms with Gasteiger partial charge in [0.25, 0.3) is 0 Å². The van der Waals surface area contributed by atoms with E-state index in [1.807, 2.05) is 0 Å². The van der Waals surface area contributed by atoms with Crippen LogP contribution < -0.4 is 0 Å². The molecule has 0 saturated heterocycles. The summed E-state index contributed by atoms with van der Waals surface area (Å²) in [5.74, 6) is 2.31. The summed E-state index contributed by atoms with van der Waals surface area (Å²) >= 11 is 0. The normalized spacial score (nSPS) is 11.9. The molecule has 128 valence electrons. The second kappa shape index (κ2) is 7.92. The first-order valence-corrected chi connectivity index (χ1v) is 8.32. The highest BCUT2D eigenvalue weighted by molar-refractivity contribution is 7.86. The van der Waals surface area contributed by atoms with Gasteiger partial charge in [0.1, 0.15) is 0 Å². The van der Waals surface area contributed by atoms with Crippen molar-refractivity contribution in [2.24, 2.45) is 0 Å². The molecular formula is C14H22F3O4S+. The molecule has 0 aliphatic heterocycles. The Morgan fingerprint density at radius 3 is 1.45 bits per heavy atom. The van der Waals surface area contributed by atoms with Gasteiger partial charge in [-0.25, -0.2) is 4.42 Å². The van der Waals surface area contributed by atoms with Gasteiger partial charge in [-0.2, -0.15) is 21.6 Å². The summed E-state index contributed by atoms with van der Waals surface area (Å²) in [6, 6.07) is 0. The number of rotatable bonds is 3. The summed E-state index contributed by atoms with van der Waals surface area (Å²) in [4.78, 5) is 0. The van der Waals surface area contributed by atoms with E-state index >= 15 is 0 Å². The molecule has 0 amide bonds. The van der Waals surface area contributed by atoms with Crippen LogP contribution in [0.1, 0.15) is 49.0 Å². The Bertz CT molecular complexity index is 579. The molecular weight excluding hydrogens is 321 g/mol. The number of aryl methyl sites for hydroxylation is 2. The standard InChI is InChI=1S/C13H21O.CHF3O3S/c1-6-11-9(4)12(7-2)14-13(8-3)10(11)5;2-1(3,4)8(5,6)7/h6-8H2,1-5H3;(H,5,6,7)/q+1;. The summed E-state index contributed by atoms with van der Waals surface area (Å²) < 4.78 is 63.4. The molecule has 0 aliphatic carbocycles. The van der Waals surface area contributed by atoms with E-state index in [9.17, 15) is 13.2 Å². The monoisotopic (exact) mass is 343 g/mol. The molecule has 0 radical (unpaired) electrons. The van der Waals surface area contributed by atoms with Crippen molar-refractivity contribution in [2.45, 2.75) is 59.4 Å². The molecule has 1 rings (SSSR count). The van der Waals surface area contributed by atoms with Crippen molar-refractivity contribution >= 4 is 10.1 Å². The van der Waals surface area contributed by atoms with E-state index < -0.39 is 15.6 Å². The third-order valence-electron chi connectivity index (χ3n) is 3.28. The molecule has 1 aromatic rings. The highest BCUT2D eigenvalue weighted by Crippen LogP contribution is 2.24. The molecule has 0 saturated carbocycles. The van der Waals surface area contributed by atoms with E-state index in [0.29, 0.717) is 0 Å². The van der Waals surface area contributed by atoms with Gasteiger partial charge in [0.15, 0.2) is 0 Å². The largest absolute Gasteiger partial charge is 0.522 e. The number of alkyl halides is 3. The molecule has 8 heteroatoms. The molecule has 1 N–H and O–H groups in total. The first kappa shape index (κ1) is 20.9. The van der Waals surface area contributed by atoms with Gasteiger partial charge in [-0.15, -0.1) is 0 Å². The lowest BCUT2D eigenvalue weighted by molar-refractivity contribution is -0.0510. The molecule has 1 aromatic heterocycles. The van der Waals surface area contributed by atoms with Gasteiger partial charge < -0.3 is 0 Å². The Hall–Kier alpha value is -1.15. The van der Waals surface area contributed by atoms with Gasteiger partial charge in [-0.3, -0.25) is 4.55 Å². The second-order valence-corrected chi connectivity index (χ2v) is 6.07. The summed E-state index contributed by atoms with van der Waals surface area (Å²) in [5, 5.41) is 0. The first-order valence-electron chi connectivity index (χ1n) is 6.88. The van der Waals surface area contributed by atoms with Crippen molar-refractivity contribution < 1.29 is 30.6 Å². The first-order chi connectivity index (χ1) is 9.90. The van der Waals surface area contributed by atoms with Crippen LogP contribution in [-0.4, -0.2) is 18.5 Å². The Morgan fingerprint density at radius 2 is 1.27 bits per heavy atom. The Kier molecular flexibility index (Phi) is 7.50. The fourth-order valence-corrected chi connectivity index (χ4v) is 2.12. The van der Waals surface area contributed by atoms with Crippen LogP contribution in [0.3, 0.4) is 0 Å². The van der Waals surface area contributed by atoms with Gasteiger partial charge in [-0.1, -0.05) is 20.8 Å². The summed E-state index contributed by atoms with van der Waals surface area (Å²) in [6.45, 7) is 10.9. The molecule has 1 heterocycles. The number of hydrogen-bond donors (Lipinski definition) is 1. The van der Waals surface area contributed by atoms with E-state index in [4.69, 9.17) is 17.4 Å². The average Bonchev–Trinajstić information content (AvgIpc) is 2.38. The topological polar surface area (TPSA) is 65.7 Å². The quantitative estimate of drug-likeness (QED) is 0.506. The van der Waals surface area contributed by atoms with Crippen LogP contribution in [0, 0.1) is 13.8 Å². The van der Waals surface area contributed by atoms with Gasteiger partial charge in [-0.05, 0) is 25.8 Å². The van der Waals surface area contributed by atoms with E-state index in [1.54, 1.807) is 0 Å². The van der Waals surface area contributed by atoms with E-state index in [0.717, 1.165) is 30.8 Å². The predicted octanol–water partition coefficient (Wildman–Crippen LogP) is 4.26. The maximum Gasteiger partial charge on any atom is 0.522 e. The van der Waals surface area contributed by atoms with Crippen molar-refractivity contribution in [3.8, 4) is 0 Å². The Balaban J connectivity index is 0.000000472. The Labute approximate surface area is 129 Å². The van der Waals surface area contributed by atoms with Crippen LogP contribution in [-0.2, 0) is 29.4 Å². The third-order valence-corrected chi connectivity index (χ3v) is 3.86. The number of hydrogen-bond acceptors (Lipinski definition) is 2. The van der Waals surface area contributed by atoms with Crippen LogP contribution in [0.5, 0.6) is 0 Å². The van der Waals surface area contributed by atoms with Crippen molar-refractivity contribution in [1.29, 1.82) is 0 Å². The summed E-state index contributed by atoms with van der Waals surface area (Å²) in [5.41, 5.74) is -1.35. The zero-order valence-corrected chi connectivity index (χ0v) is 14.2. The van der Waals surface area contributed by atoms with Crippen LogP contribution >= 0.6 is 0 Å². The Morgan fingerprint density at radius 1 is 0.955 bits per heavy atom. The van der Waals surface area contributed by atoms with Crippen molar-refractivity contribution in [3.05, 3.63) is 28.2 Å². The van der Waals surface area contributed by atoms with Crippen LogP contribution in [0.2, 0.25) is 0 Å². The smallest absolute Gasteiger partial charge is 0.279 e. The number of halogens is 3. The summed E-state index contributed by atoms with van der Waals surface area (Å²) in [6.07, 6.45) is 3.09. The summed E-state index contributed by atoms with van der Waals surface area (Å²) in [7, 11) is -5.84. The fourth-order valence-electron chi connectivity index (χ4n) is 2.12. The van der Waals surface area contributed by atoms with Crippen LogP contribution in [0.15, 0.2) is 4.42 Å². The van der Waals surface area contributed by atoms with Crippen molar-refractivity contribution in [2.75, 3.05) is 0 Å². The van der Waals surface area contributed by atoms with Crippen molar-refractivity contribution in [3.63, 3.8) is 0 Å². The van der Waals surface area contributed by atoms with E-state index in [-0.39, 0.29) is 0 Å². The minimum absolute atomic E-state index is 0.992. The highest BCUT2D eigenvalue weighted by Gasteiger charge is 2.44. The lowest BCUT2D eigenvalue weighted by Crippen LogP contribution is -2.21. The van der Waals surface area contributed by atoms with Crippen LogP contribution in [0.25, 0.3) is 0 Å². The predicted molar refractivity (Wildman–Crippen MR) is 78.3 cm³/mol. The zero-order chi connectivity index (χ0) is 17.7.